The van der Waals surface area contributed by atoms with Gasteiger partial charge in [0.15, 0.2) is 6.23 Å². The van der Waals surface area contributed by atoms with Crippen molar-refractivity contribution in [1.82, 2.24) is 14.5 Å². The molecule has 1 aromatic rings. The molecular weight excluding hydrogens is 244 g/mol. The van der Waals surface area contributed by atoms with Crippen molar-refractivity contribution in [2.45, 2.75) is 25.4 Å². The second kappa shape index (κ2) is 6.40. The summed E-state index contributed by atoms with van der Waals surface area (Å²) in [6.45, 7) is 0.480. The van der Waals surface area contributed by atoms with Crippen LogP contribution in [0.4, 0.5) is 5.95 Å². The molecule has 18 heavy (non-hydrogen) atoms. The number of nitrogens with zero attached hydrogens (tertiary/aromatic N) is 3. The van der Waals surface area contributed by atoms with E-state index in [9.17, 15) is 9.90 Å². The van der Waals surface area contributed by atoms with Crippen molar-refractivity contribution in [3.05, 3.63) is 16.8 Å². The molecule has 0 fully saturated rings. The van der Waals surface area contributed by atoms with E-state index >= 15 is 0 Å². The zero-order valence-electron chi connectivity index (χ0n) is 9.80. The van der Waals surface area contributed by atoms with E-state index in [-0.39, 0.29) is 5.95 Å². The highest BCUT2D eigenvalue weighted by molar-refractivity contribution is 5.09. The second-order valence-electron chi connectivity index (χ2n) is 3.66. The van der Waals surface area contributed by atoms with Crippen molar-refractivity contribution in [2.24, 2.45) is 0 Å². The number of ether oxygens (including phenoxy) is 1. The third-order valence-corrected chi connectivity index (χ3v) is 2.17. The summed E-state index contributed by atoms with van der Waals surface area (Å²) in [5, 5.41) is 27.4. The summed E-state index contributed by atoms with van der Waals surface area (Å²) in [5.74, 6) is -0.193. The summed E-state index contributed by atoms with van der Waals surface area (Å²) in [7, 11) is 0. The van der Waals surface area contributed by atoms with Gasteiger partial charge in [-0.25, -0.2) is 9.78 Å². The molecule has 0 unspecified atom stereocenters. The largest absolute Gasteiger partial charge is 0.394 e. The van der Waals surface area contributed by atoms with Crippen LogP contribution in [0.2, 0.25) is 0 Å². The standard InChI is InChI=1S/C9H16N4O5/c1-5(16)7(18-6(2-14)3-15)13-4-11-8(10)12-9(13)17/h4-7,14-16H,2-3H2,1H3,(H2,10,12,17)/t5-,7+/m0/s1. The first-order valence-corrected chi connectivity index (χ1v) is 5.25. The highest BCUT2D eigenvalue weighted by Gasteiger charge is 2.23. The number of anilines is 1. The molecule has 1 heterocycles. The first-order valence-electron chi connectivity index (χ1n) is 5.25. The van der Waals surface area contributed by atoms with Crippen LogP contribution in [0.15, 0.2) is 11.1 Å². The minimum atomic E-state index is -1.12. The Hall–Kier alpha value is -1.55. The summed E-state index contributed by atoms with van der Waals surface area (Å²) in [6.07, 6.45) is -2.04. The number of aliphatic hydroxyl groups excluding tert-OH is 3. The van der Waals surface area contributed by atoms with E-state index in [4.69, 9.17) is 20.7 Å². The van der Waals surface area contributed by atoms with Gasteiger partial charge < -0.3 is 25.8 Å². The summed E-state index contributed by atoms with van der Waals surface area (Å²) < 4.78 is 6.14. The Kier molecular flexibility index (Phi) is 5.16. The van der Waals surface area contributed by atoms with Crippen molar-refractivity contribution >= 4 is 5.95 Å². The van der Waals surface area contributed by atoms with Gasteiger partial charge in [-0.05, 0) is 6.92 Å². The Bertz CT molecular complexity index is 431. The van der Waals surface area contributed by atoms with E-state index in [0.29, 0.717) is 0 Å². The molecule has 9 nitrogen and oxygen atoms in total. The number of hydrogen-bond acceptors (Lipinski definition) is 8. The maximum Gasteiger partial charge on any atom is 0.354 e. The molecule has 5 N–H and O–H groups in total. The Labute approximate surface area is 102 Å². The molecule has 0 aliphatic carbocycles. The molecular formula is C9H16N4O5. The van der Waals surface area contributed by atoms with Crippen LogP contribution in [-0.2, 0) is 4.74 Å². The van der Waals surface area contributed by atoms with Crippen molar-refractivity contribution < 1.29 is 20.1 Å². The minimum absolute atomic E-state index is 0.193. The topological polar surface area (TPSA) is 144 Å². The zero-order chi connectivity index (χ0) is 13.7. The van der Waals surface area contributed by atoms with Gasteiger partial charge in [0.25, 0.3) is 0 Å². The highest BCUT2D eigenvalue weighted by atomic mass is 16.5. The van der Waals surface area contributed by atoms with E-state index in [1.165, 1.54) is 6.92 Å². The van der Waals surface area contributed by atoms with Gasteiger partial charge in [-0.1, -0.05) is 0 Å². The second-order valence-corrected chi connectivity index (χ2v) is 3.66. The molecule has 0 radical (unpaired) electrons. The SMILES string of the molecule is C[C@H](O)[C@@H](OC(CO)CO)n1cnc(N)nc1=O. The minimum Gasteiger partial charge on any atom is -0.394 e. The molecule has 0 saturated carbocycles. The van der Waals surface area contributed by atoms with Crippen LogP contribution in [-0.4, -0.2) is 55.3 Å². The van der Waals surface area contributed by atoms with Gasteiger partial charge in [-0.3, -0.25) is 4.57 Å². The number of aliphatic hydroxyl groups is 3. The Balaban J connectivity index is 3.01. The Morgan fingerprint density at radius 3 is 2.56 bits per heavy atom. The van der Waals surface area contributed by atoms with Crippen molar-refractivity contribution in [1.29, 1.82) is 0 Å². The van der Waals surface area contributed by atoms with Crippen LogP contribution in [0.25, 0.3) is 0 Å². The molecule has 0 aliphatic rings. The lowest BCUT2D eigenvalue weighted by molar-refractivity contribution is -0.138. The summed E-state index contributed by atoms with van der Waals surface area (Å²) in [5.41, 5.74) is 4.49. The molecule has 1 rings (SSSR count). The van der Waals surface area contributed by atoms with Gasteiger partial charge in [0.2, 0.25) is 5.95 Å². The van der Waals surface area contributed by atoms with E-state index in [1.54, 1.807) is 0 Å². The van der Waals surface area contributed by atoms with E-state index in [0.717, 1.165) is 10.9 Å². The predicted octanol–water partition coefficient (Wildman–Crippen LogP) is -2.53. The molecule has 9 heteroatoms. The van der Waals surface area contributed by atoms with Crippen LogP contribution < -0.4 is 11.4 Å². The van der Waals surface area contributed by atoms with Gasteiger partial charge in [-0.2, -0.15) is 4.98 Å². The molecule has 0 spiro atoms. The third-order valence-electron chi connectivity index (χ3n) is 2.17. The van der Waals surface area contributed by atoms with Crippen molar-refractivity contribution in [2.75, 3.05) is 18.9 Å². The zero-order valence-corrected chi connectivity index (χ0v) is 9.80. The highest BCUT2D eigenvalue weighted by Crippen LogP contribution is 2.13. The quantitative estimate of drug-likeness (QED) is 0.438. The number of rotatable bonds is 6. The molecule has 0 aliphatic heterocycles. The average molecular weight is 260 g/mol. The molecule has 0 saturated heterocycles. The van der Waals surface area contributed by atoms with Gasteiger partial charge in [0.05, 0.1) is 19.3 Å². The lowest BCUT2D eigenvalue weighted by Gasteiger charge is -2.25. The van der Waals surface area contributed by atoms with Crippen LogP contribution in [0.5, 0.6) is 0 Å². The summed E-state index contributed by atoms with van der Waals surface area (Å²) in [6, 6.07) is 0. The Morgan fingerprint density at radius 2 is 2.11 bits per heavy atom. The van der Waals surface area contributed by atoms with Gasteiger partial charge in [0, 0.05) is 0 Å². The normalized spacial score (nSPS) is 14.7. The van der Waals surface area contributed by atoms with Gasteiger partial charge in [-0.15, -0.1) is 0 Å². The van der Waals surface area contributed by atoms with Crippen molar-refractivity contribution in [3.8, 4) is 0 Å². The molecule has 2 atom stereocenters. The summed E-state index contributed by atoms with van der Waals surface area (Å²) in [4.78, 5) is 18.6. The third kappa shape index (κ3) is 3.47. The smallest absolute Gasteiger partial charge is 0.354 e. The lowest BCUT2D eigenvalue weighted by atomic mass is 10.3. The first kappa shape index (κ1) is 14.5. The maximum absolute atomic E-state index is 11.6. The fourth-order valence-corrected chi connectivity index (χ4v) is 1.28. The first-order chi connectivity index (χ1) is 8.49. The number of nitrogens with two attached hydrogens (primary N) is 1. The lowest BCUT2D eigenvalue weighted by Crippen LogP contribution is -2.38. The van der Waals surface area contributed by atoms with Crippen LogP contribution in [0.1, 0.15) is 13.2 Å². The van der Waals surface area contributed by atoms with Crippen LogP contribution in [0, 0.1) is 0 Å². The van der Waals surface area contributed by atoms with Gasteiger partial charge in [0.1, 0.15) is 12.4 Å². The summed E-state index contributed by atoms with van der Waals surface area (Å²) >= 11 is 0. The Morgan fingerprint density at radius 1 is 1.50 bits per heavy atom. The van der Waals surface area contributed by atoms with E-state index in [1.807, 2.05) is 0 Å². The maximum atomic E-state index is 11.6. The van der Waals surface area contributed by atoms with E-state index in [2.05, 4.69) is 9.97 Å². The predicted molar refractivity (Wildman–Crippen MR) is 60.5 cm³/mol. The average Bonchev–Trinajstić information content (AvgIpc) is 2.32. The molecule has 0 aromatic carbocycles. The molecule has 102 valence electrons. The van der Waals surface area contributed by atoms with E-state index < -0.39 is 37.3 Å². The number of aromatic nitrogens is 3. The monoisotopic (exact) mass is 260 g/mol. The molecule has 0 amide bonds. The molecule has 1 aromatic heterocycles. The van der Waals surface area contributed by atoms with Crippen LogP contribution in [0.3, 0.4) is 0 Å². The fraction of sp³-hybridized carbons (Fsp3) is 0.667. The number of nitrogen functional groups attached to an aromatic ring is 1. The van der Waals surface area contributed by atoms with Gasteiger partial charge >= 0.3 is 5.69 Å². The van der Waals surface area contributed by atoms with Crippen LogP contribution >= 0.6 is 0 Å². The number of hydrogen-bond donors (Lipinski definition) is 4. The fourth-order valence-electron chi connectivity index (χ4n) is 1.28. The van der Waals surface area contributed by atoms with Crippen molar-refractivity contribution in [3.63, 3.8) is 0 Å². The molecule has 0 bridgehead atoms.